The van der Waals surface area contributed by atoms with Crippen molar-refractivity contribution in [3.05, 3.63) is 54.9 Å². The minimum atomic E-state index is -0.363. The van der Waals surface area contributed by atoms with Crippen LogP contribution in [0.25, 0.3) is 0 Å². The van der Waals surface area contributed by atoms with Gasteiger partial charge >= 0.3 is 0 Å². The highest BCUT2D eigenvalue weighted by atomic mass is 35.5. The molecule has 2 N–H and O–H groups in total. The third-order valence-electron chi connectivity index (χ3n) is 2.30. The molecule has 0 spiro atoms. The summed E-state index contributed by atoms with van der Waals surface area (Å²) in [6.45, 7) is 1.87. The van der Waals surface area contributed by atoms with Crippen molar-refractivity contribution in [2.45, 2.75) is 6.92 Å². The molecular formula is C13H9Cl5O2. The summed E-state index contributed by atoms with van der Waals surface area (Å²) in [7, 11) is 0. The maximum absolute atomic E-state index is 9.20. The minimum Gasteiger partial charge on any atom is -0.508 e. The van der Waals surface area contributed by atoms with Crippen LogP contribution in [0.3, 0.4) is 0 Å². The van der Waals surface area contributed by atoms with E-state index in [0.717, 1.165) is 5.56 Å². The maximum Gasteiger partial charge on any atom is 0.155 e. The summed E-state index contributed by atoms with van der Waals surface area (Å²) in [6.07, 6.45) is 0. The molecule has 0 radical (unpaired) electrons. The van der Waals surface area contributed by atoms with Crippen molar-refractivity contribution in [2.75, 3.05) is 0 Å². The monoisotopic (exact) mass is 372 g/mol. The standard InChI is InChI=1S/C7H8O.C6HCl5O/c1-6-4-2-3-5-7(6)8;7-1-2(8)4(10)6(12)5(11)3(1)9/h2-5,8H,1H3;12H. The molecule has 0 heterocycles. The molecular weight excluding hydrogens is 365 g/mol. The number of benzene rings is 2. The van der Waals surface area contributed by atoms with Crippen LogP contribution in [-0.2, 0) is 0 Å². The number of halogens is 5. The summed E-state index contributed by atoms with van der Waals surface area (Å²) in [5, 5.41) is 17.9. The third kappa shape index (κ3) is 4.00. The van der Waals surface area contributed by atoms with Gasteiger partial charge in [-0.15, -0.1) is 0 Å². The minimum absolute atomic E-state index is 0.00904. The van der Waals surface area contributed by atoms with E-state index >= 15 is 0 Å². The van der Waals surface area contributed by atoms with Crippen molar-refractivity contribution in [3.8, 4) is 11.5 Å². The Morgan fingerprint density at radius 3 is 1.45 bits per heavy atom. The molecule has 0 amide bonds. The fraction of sp³-hybridized carbons (Fsp3) is 0.0769. The van der Waals surface area contributed by atoms with Gasteiger partial charge in [-0.05, 0) is 18.6 Å². The van der Waals surface area contributed by atoms with E-state index in [1.165, 1.54) is 0 Å². The van der Waals surface area contributed by atoms with E-state index in [-0.39, 0.29) is 30.9 Å². The summed E-state index contributed by atoms with van der Waals surface area (Å²) >= 11 is 27.9. The summed E-state index contributed by atoms with van der Waals surface area (Å²) in [6, 6.07) is 7.25. The molecule has 7 heteroatoms. The molecule has 0 bridgehead atoms. The molecule has 2 nitrogen and oxygen atoms in total. The van der Waals surface area contributed by atoms with Gasteiger partial charge in [0, 0.05) is 0 Å². The molecule has 2 aromatic rings. The zero-order chi connectivity index (χ0) is 15.4. The molecule has 20 heavy (non-hydrogen) atoms. The normalized spacial score (nSPS) is 9.90. The van der Waals surface area contributed by atoms with Crippen LogP contribution < -0.4 is 0 Å². The van der Waals surface area contributed by atoms with E-state index in [2.05, 4.69) is 0 Å². The molecule has 2 rings (SSSR count). The van der Waals surface area contributed by atoms with E-state index < -0.39 is 0 Å². The number of hydrogen-bond donors (Lipinski definition) is 2. The van der Waals surface area contributed by atoms with Crippen molar-refractivity contribution in [1.82, 2.24) is 0 Å². The summed E-state index contributed by atoms with van der Waals surface area (Å²) < 4.78 is 0. The van der Waals surface area contributed by atoms with E-state index in [1.807, 2.05) is 25.1 Å². The first-order chi connectivity index (χ1) is 9.27. The fourth-order valence-corrected chi connectivity index (χ4v) is 2.29. The number of hydrogen-bond acceptors (Lipinski definition) is 2. The van der Waals surface area contributed by atoms with Crippen LogP contribution in [0.2, 0.25) is 25.1 Å². The van der Waals surface area contributed by atoms with Crippen molar-refractivity contribution in [3.63, 3.8) is 0 Å². The van der Waals surface area contributed by atoms with Gasteiger partial charge < -0.3 is 10.2 Å². The maximum atomic E-state index is 9.20. The average molecular weight is 374 g/mol. The first-order valence-corrected chi connectivity index (χ1v) is 7.11. The Labute approximate surface area is 141 Å². The molecule has 2 aromatic carbocycles. The summed E-state index contributed by atoms with van der Waals surface area (Å²) in [4.78, 5) is 0. The van der Waals surface area contributed by atoms with Gasteiger partial charge in [0.2, 0.25) is 0 Å². The number of rotatable bonds is 0. The first kappa shape index (κ1) is 17.5. The third-order valence-corrected chi connectivity index (χ3v) is 4.56. The average Bonchev–Trinajstić information content (AvgIpc) is 2.45. The van der Waals surface area contributed by atoms with Gasteiger partial charge in [0.1, 0.15) is 15.8 Å². The highest BCUT2D eigenvalue weighted by Gasteiger charge is 2.18. The number of phenolic OH excluding ortho intramolecular Hbond substituents is 2. The number of aryl methyl sites for hydroxylation is 1. The lowest BCUT2D eigenvalue weighted by atomic mass is 10.2. The van der Waals surface area contributed by atoms with Crippen molar-refractivity contribution < 1.29 is 10.2 Å². The number of aromatic hydroxyl groups is 2. The Morgan fingerprint density at radius 2 is 1.10 bits per heavy atom. The number of para-hydroxylation sites is 1. The highest BCUT2D eigenvalue weighted by Crippen LogP contribution is 2.47. The lowest BCUT2D eigenvalue weighted by Gasteiger charge is -2.06. The molecule has 0 aliphatic rings. The van der Waals surface area contributed by atoms with E-state index in [0.29, 0.717) is 5.75 Å². The predicted molar refractivity (Wildman–Crippen MR) is 86.0 cm³/mol. The first-order valence-electron chi connectivity index (χ1n) is 5.22. The van der Waals surface area contributed by atoms with Crippen molar-refractivity contribution in [2.24, 2.45) is 0 Å². The zero-order valence-electron chi connectivity index (χ0n) is 10.1. The molecule has 0 aliphatic carbocycles. The van der Waals surface area contributed by atoms with Crippen LogP contribution in [0.5, 0.6) is 11.5 Å². The Morgan fingerprint density at radius 1 is 0.700 bits per heavy atom. The second-order valence-electron chi connectivity index (χ2n) is 3.71. The van der Waals surface area contributed by atoms with Gasteiger partial charge in [-0.2, -0.15) is 0 Å². The quantitative estimate of drug-likeness (QED) is 0.416. The van der Waals surface area contributed by atoms with Gasteiger partial charge in [-0.25, -0.2) is 0 Å². The van der Waals surface area contributed by atoms with E-state index in [9.17, 15) is 5.11 Å². The van der Waals surface area contributed by atoms with Gasteiger partial charge in [0.05, 0.1) is 15.1 Å². The van der Waals surface area contributed by atoms with Gasteiger partial charge in [-0.1, -0.05) is 76.2 Å². The predicted octanol–water partition coefficient (Wildman–Crippen LogP) is 6.36. The Bertz CT molecular complexity index is 502. The van der Waals surface area contributed by atoms with Crippen LogP contribution in [0.1, 0.15) is 5.56 Å². The van der Waals surface area contributed by atoms with Gasteiger partial charge in [0.15, 0.2) is 5.75 Å². The number of phenols is 2. The van der Waals surface area contributed by atoms with Gasteiger partial charge in [-0.3, -0.25) is 0 Å². The molecule has 0 atom stereocenters. The van der Waals surface area contributed by atoms with E-state index in [4.69, 9.17) is 63.1 Å². The van der Waals surface area contributed by atoms with Crippen LogP contribution in [-0.4, -0.2) is 10.2 Å². The molecule has 0 fully saturated rings. The summed E-state index contributed by atoms with van der Waals surface area (Å²) in [5.41, 5.74) is 0.924. The van der Waals surface area contributed by atoms with Crippen molar-refractivity contribution >= 4 is 58.0 Å². The molecule has 108 valence electrons. The van der Waals surface area contributed by atoms with Crippen LogP contribution in [0, 0.1) is 6.92 Å². The lowest BCUT2D eigenvalue weighted by Crippen LogP contribution is -1.78. The largest absolute Gasteiger partial charge is 0.508 e. The Kier molecular flexibility index (Phi) is 6.56. The smallest absolute Gasteiger partial charge is 0.155 e. The fourth-order valence-electron chi connectivity index (χ4n) is 1.16. The van der Waals surface area contributed by atoms with Crippen LogP contribution in [0.15, 0.2) is 24.3 Å². The Hall–Kier alpha value is -0.510. The van der Waals surface area contributed by atoms with Crippen LogP contribution >= 0.6 is 58.0 Å². The van der Waals surface area contributed by atoms with Crippen molar-refractivity contribution in [1.29, 1.82) is 0 Å². The Balaban J connectivity index is 0.000000217. The lowest BCUT2D eigenvalue weighted by molar-refractivity contribution is 0.471. The second kappa shape index (κ2) is 7.48. The summed E-state index contributed by atoms with van der Waals surface area (Å²) in [5.74, 6) is 0.00485. The molecule has 0 unspecified atom stereocenters. The highest BCUT2D eigenvalue weighted by molar-refractivity contribution is 6.55. The van der Waals surface area contributed by atoms with Crippen LogP contribution in [0.4, 0.5) is 0 Å². The molecule has 0 saturated heterocycles. The molecule has 0 aliphatic heterocycles. The zero-order valence-corrected chi connectivity index (χ0v) is 13.9. The SMILES string of the molecule is Cc1ccccc1O.Oc1c(Cl)c(Cl)c(Cl)c(Cl)c1Cl. The topological polar surface area (TPSA) is 40.5 Å². The van der Waals surface area contributed by atoms with E-state index in [1.54, 1.807) is 6.07 Å². The molecule has 0 aromatic heterocycles. The second-order valence-corrected chi connectivity index (χ2v) is 5.59. The molecule has 0 saturated carbocycles. The van der Waals surface area contributed by atoms with Gasteiger partial charge in [0.25, 0.3) is 0 Å².